The van der Waals surface area contributed by atoms with Gasteiger partial charge in [-0.25, -0.2) is 0 Å². The van der Waals surface area contributed by atoms with Crippen LogP contribution in [-0.4, -0.2) is 36.6 Å². The molecule has 2 heterocycles. The molecular weight excluding hydrogens is 118 g/mol. The zero-order chi connectivity index (χ0) is 6.43. The summed E-state index contributed by atoms with van der Waals surface area (Å²) < 4.78 is 4.95. The van der Waals surface area contributed by atoms with Crippen LogP contribution in [-0.2, 0) is 9.53 Å². The Balaban J connectivity index is 2.21. The van der Waals surface area contributed by atoms with Gasteiger partial charge in [0, 0.05) is 13.0 Å². The fourth-order valence-corrected chi connectivity index (χ4v) is 1.56. The number of fused-ring (bicyclic) bond motifs is 2. The number of likely N-dealkylation sites (tertiary alicyclic amines) is 1. The minimum Gasteiger partial charge on any atom is -0.460 e. The van der Waals surface area contributed by atoms with E-state index in [2.05, 4.69) is 4.90 Å². The Bertz CT molecular complexity index is 157. The SMILES string of the molecule is CN1C[C@@H]2C[C@H]1C(=O)O2. The van der Waals surface area contributed by atoms with E-state index in [1.807, 2.05) is 7.05 Å². The summed E-state index contributed by atoms with van der Waals surface area (Å²) in [5.41, 5.74) is 0. The van der Waals surface area contributed by atoms with E-state index in [1.165, 1.54) is 0 Å². The van der Waals surface area contributed by atoms with Gasteiger partial charge < -0.3 is 4.74 Å². The fraction of sp³-hybridized carbons (Fsp3) is 0.833. The van der Waals surface area contributed by atoms with E-state index < -0.39 is 0 Å². The number of hydrogen-bond donors (Lipinski definition) is 0. The number of nitrogens with zero attached hydrogens (tertiary/aromatic N) is 1. The molecule has 3 nitrogen and oxygen atoms in total. The van der Waals surface area contributed by atoms with Crippen molar-refractivity contribution < 1.29 is 9.53 Å². The van der Waals surface area contributed by atoms with Crippen LogP contribution in [0.1, 0.15) is 6.42 Å². The number of ether oxygens (including phenoxy) is 1. The molecule has 2 aliphatic rings. The Morgan fingerprint density at radius 3 is 2.89 bits per heavy atom. The van der Waals surface area contributed by atoms with Gasteiger partial charge in [-0.1, -0.05) is 0 Å². The Labute approximate surface area is 53.6 Å². The molecule has 50 valence electrons. The predicted octanol–water partition coefficient (Wildman–Crippen LogP) is -0.384. The van der Waals surface area contributed by atoms with Gasteiger partial charge in [-0.05, 0) is 7.05 Å². The van der Waals surface area contributed by atoms with Crippen molar-refractivity contribution in [3.05, 3.63) is 0 Å². The Morgan fingerprint density at radius 2 is 2.56 bits per heavy atom. The van der Waals surface area contributed by atoms with Crippen LogP contribution >= 0.6 is 0 Å². The van der Waals surface area contributed by atoms with Crippen LogP contribution in [0, 0.1) is 0 Å². The normalized spacial score (nSPS) is 41.7. The van der Waals surface area contributed by atoms with E-state index in [4.69, 9.17) is 4.74 Å². The standard InChI is InChI=1S/C6H9NO2/c1-7-3-4-2-5(7)6(8)9-4/h4-5H,2-3H2,1H3/t4-,5-/m0/s1. The third kappa shape index (κ3) is 0.580. The molecule has 2 saturated heterocycles. The maximum atomic E-state index is 10.8. The van der Waals surface area contributed by atoms with Gasteiger partial charge in [0.25, 0.3) is 0 Å². The molecule has 9 heavy (non-hydrogen) atoms. The second-order valence-electron chi connectivity index (χ2n) is 2.75. The maximum Gasteiger partial charge on any atom is 0.323 e. The summed E-state index contributed by atoms with van der Waals surface area (Å²) in [6, 6.07) is 0.0787. The van der Waals surface area contributed by atoms with Crippen molar-refractivity contribution in [2.24, 2.45) is 0 Å². The molecule has 0 amide bonds. The summed E-state index contributed by atoms with van der Waals surface area (Å²) in [4.78, 5) is 12.8. The number of esters is 1. The van der Waals surface area contributed by atoms with Gasteiger partial charge in [0.1, 0.15) is 12.1 Å². The van der Waals surface area contributed by atoms with E-state index >= 15 is 0 Å². The average Bonchev–Trinajstić information content (AvgIpc) is 2.22. The summed E-state index contributed by atoms with van der Waals surface area (Å²) in [6.45, 7) is 0.927. The van der Waals surface area contributed by atoms with E-state index in [0.717, 1.165) is 13.0 Å². The molecule has 0 spiro atoms. The predicted molar refractivity (Wildman–Crippen MR) is 30.9 cm³/mol. The van der Waals surface area contributed by atoms with Crippen molar-refractivity contribution in [2.75, 3.05) is 13.6 Å². The minimum absolute atomic E-state index is 0.0336. The summed E-state index contributed by atoms with van der Waals surface area (Å²) in [6.07, 6.45) is 1.11. The largest absolute Gasteiger partial charge is 0.460 e. The summed E-state index contributed by atoms with van der Waals surface area (Å²) >= 11 is 0. The number of morpholine rings is 1. The van der Waals surface area contributed by atoms with Gasteiger partial charge in [0.2, 0.25) is 0 Å². The van der Waals surface area contributed by atoms with Crippen LogP contribution in [0.3, 0.4) is 0 Å². The number of hydrogen-bond acceptors (Lipinski definition) is 3. The van der Waals surface area contributed by atoms with Crippen LogP contribution in [0.15, 0.2) is 0 Å². The highest BCUT2D eigenvalue weighted by Crippen LogP contribution is 2.26. The summed E-state index contributed by atoms with van der Waals surface area (Å²) in [5.74, 6) is -0.0336. The first-order valence-electron chi connectivity index (χ1n) is 3.18. The monoisotopic (exact) mass is 127 g/mol. The van der Waals surface area contributed by atoms with Gasteiger partial charge in [0.05, 0.1) is 0 Å². The van der Waals surface area contributed by atoms with Crippen LogP contribution in [0.25, 0.3) is 0 Å². The molecule has 2 bridgehead atoms. The fourth-order valence-electron chi connectivity index (χ4n) is 1.56. The van der Waals surface area contributed by atoms with E-state index in [1.54, 1.807) is 0 Å². The van der Waals surface area contributed by atoms with Crippen molar-refractivity contribution in [3.8, 4) is 0 Å². The molecule has 2 aliphatic heterocycles. The van der Waals surface area contributed by atoms with Crippen LogP contribution in [0.5, 0.6) is 0 Å². The number of likely N-dealkylation sites (N-methyl/N-ethyl adjacent to an activating group) is 1. The quantitative estimate of drug-likeness (QED) is 0.415. The molecule has 0 N–H and O–H groups in total. The first kappa shape index (κ1) is 5.23. The lowest BCUT2D eigenvalue weighted by molar-refractivity contribution is -0.150. The second kappa shape index (κ2) is 1.48. The maximum absolute atomic E-state index is 10.8. The topological polar surface area (TPSA) is 29.5 Å². The number of rotatable bonds is 0. The van der Waals surface area contributed by atoms with Crippen LogP contribution < -0.4 is 0 Å². The molecule has 2 fully saturated rings. The molecule has 0 aliphatic carbocycles. The van der Waals surface area contributed by atoms with Crippen LogP contribution in [0.4, 0.5) is 0 Å². The zero-order valence-corrected chi connectivity index (χ0v) is 5.33. The van der Waals surface area contributed by atoms with Crippen molar-refractivity contribution >= 4 is 5.97 Å². The van der Waals surface area contributed by atoms with E-state index in [-0.39, 0.29) is 18.1 Å². The van der Waals surface area contributed by atoms with Gasteiger partial charge >= 0.3 is 5.97 Å². The van der Waals surface area contributed by atoms with Crippen molar-refractivity contribution in [1.29, 1.82) is 0 Å². The van der Waals surface area contributed by atoms with E-state index in [0.29, 0.717) is 0 Å². The Kier molecular flexibility index (Phi) is 0.858. The zero-order valence-electron chi connectivity index (χ0n) is 5.33. The molecule has 0 radical (unpaired) electrons. The molecule has 0 aromatic heterocycles. The minimum atomic E-state index is -0.0336. The number of carbonyl (C=O) groups excluding carboxylic acids is 1. The Hall–Kier alpha value is -0.570. The van der Waals surface area contributed by atoms with Gasteiger partial charge in [0.15, 0.2) is 0 Å². The molecule has 0 aromatic carbocycles. The summed E-state index contributed by atoms with van der Waals surface area (Å²) in [7, 11) is 1.96. The van der Waals surface area contributed by atoms with Crippen molar-refractivity contribution in [2.45, 2.75) is 18.6 Å². The van der Waals surface area contributed by atoms with Gasteiger partial charge in [-0.15, -0.1) is 0 Å². The lowest BCUT2D eigenvalue weighted by Crippen LogP contribution is -2.37. The average molecular weight is 127 g/mol. The van der Waals surface area contributed by atoms with Crippen LogP contribution in [0.2, 0.25) is 0 Å². The molecule has 2 atom stereocenters. The molecule has 0 saturated carbocycles. The molecule has 0 unspecified atom stereocenters. The second-order valence-corrected chi connectivity index (χ2v) is 2.75. The smallest absolute Gasteiger partial charge is 0.323 e. The lowest BCUT2D eigenvalue weighted by atomic mass is 10.2. The molecule has 2 rings (SSSR count). The molecule has 3 heteroatoms. The van der Waals surface area contributed by atoms with Gasteiger partial charge in [-0.2, -0.15) is 0 Å². The highest BCUT2D eigenvalue weighted by atomic mass is 16.6. The van der Waals surface area contributed by atoms with Crippen molar-refractivity contribution in [1.82, 2.24) is 4.90 Å². The third-order valence-corrected chi connectivity index (χ3v) is 2.06. The van der Waals surface area contributed by atoms with Crippen molar-refractivity contribution in [3.63, 3.8) is 0 Å². The highest BCUT2D eigenvalue weighted by molar-refractivity contribution is 5.79. The Morgan fingerprint density at radius 1 is 1.78 bits per heavy atom. The summed E-state index contributed by atoms with van der Waals surface area (Å²) in [5, 5.41) is 0. The number of carbonyl (C=O) groups is 1. The molecular formula is C6H9NO2. The first-order chi connectivity index (χ1) is 4.27. The highest BCUT2D eigenvalue weighted by Gasteiger charge is 2.44. The third-order valence-electron chi connectivity index (χ3n) is 2.06. The lowest BCUT2D eigenvalue weighted by Gasteiger charge is -2.19. The molecule has 0 aromatic rings. The van der Waals surface area contributed by atoms with E-state index in [9.17, 15) is 4.79 Å². The first-order valence-corrected chi connectivity index (χ1v) is 3.18. The van der Waals surface area contributed by atoms with Gasteiger partial charge in [-0.3, -0.25) is 9.69 Å².